The Bertz CT molecular complexity index is 1050. The van der Waals surface area contributed by atoms with E-state index in [-0.39, 0.29) is 50.2 Å². The Kier molecular flexibility index (Phi) is 6.73. The van der Waals surface area contributed by atoms with E-state index in [2.05, 4.69) is 15.9 Å². The molecule has 1 saturated heterocycles. The Hall–Kier alpha value is -2.11. The van der Waals surface area contributed by atoms with Gasteiger partial charge < -0.3 is 9.52 Å². The van der Waals surface area contributed by atoms with Gasteiger partial charge in [0.1, 0.15) is 15.8 Å². The number of halogens is 4. The normalized spacial score (nSPS) is 16.0. The first-order chi connectivity index (χ1) is 14.1. The maximum absolute atomic E-state index is 13.4. The third kappa shape index (κ3) is 5.13. The molecule has 0 aliphatic carbocycles. The van der Waals surface area contributed by atoms with Crippen LogP contribution in [0.2, 0.25) is 0 Å². The highest BCUT2D eigenvalue weighted by Crippen LogP contribution is 2.40. The largest absolute Gasteiger partial charge is 0.481 e. The second kappa shape index (κ2) is 8.94. The molecule has 1 aliphatic heterocycles. The fourth-order valence-electron chi connectivity index (χ4n) is 2.75. The van der Waals surface area contributed by atoms with E-state index in [1.165, 1.54) is 35.2 Å². The van der Waals surface area contributed by atoms with Crippen LogP contribution in [0, 0.1) is 0 Å². The summed E-state index contributed by atoms with van der Waals surface area (Å²) in [5.41, 5.74) is -0.964. The molecule has 0 saturated carbocycles. The van der Waals surface area contributed by atoms with Gasteiger partial charge in [0.25, 0.3) is 5.91 Å². The molecule has 0 unspecified atom stereocenters. The van der Waals surface area contributed by atoms with E-state index in [1.54, 1.807) is 0 Å². The number of nitrogens with zero attached hydrogens (tertiary/aromatic N) is 1. The molecule has 0 spiro atoms. The molecule has 1 aromatic carbocycles. The first kappa shape index (κ1) is 22.6. The predicted octanol–water partition coefficient (Wildman–Crippen LogP) is 5.79. The number of carboxylic acids is 1. The van der Waals surface area contributed by atoms with Crippen LogP contribution in [0.4, 0.5) is 13.2 Å². The number of hydrogen-bond acceptors (Lipinski definition) is 5. The fraction of sp³-hybridized carbons (Fsp3) is 0.211. The van der Waals surface area contributed by atoms with Crippen LogP contribution in [0.25, 0.3) is 17.4 Å². The van der Waals surface area contributed by atoms with Crippen LogP contribution in [-0.2, 0) is 15.8 Å². The van der Waals surface area contributed by atoms with E-state index >= 15 is 0 Å². The van der Waals surface area contributed by atoms with Crippen molar-refractivity contribution in [3.63, 3.8) is 0 Å². The van der Waals surface area contributed by atoms with Crippen molar-refractivity contribution >= 4 is 62.2 Å². The van der Waals surface area contributed by atoms with Crippen molar-refractivity contribution in [2.24, 2.45) is 0 Å². The highest BCUT2D eigenvalue weighted by molar-refractivity contribution is 9.10. The molecule has 3 rings (SSSR count). The summed E-state index contributed by atoms with van der Waals surface area (Å²) in [4.78, 5) is 24.7. The van der Waals surface area contributed by atoms with Crippen molar-refractivity contribution in [2.75, 3.05) is 6.54 Å². The number of hydrogen-bond donors (Lipinski definition) is 1. The van der Waals surface area contributed by atoms with Gasteiger partial charge in [-0.25, -0.2) is 0 Å². The van der Waals surface area contributed by atoms with Crippen LogP contribution in [0.3, 0.4) is 0 Å². The molecule has 1 amide bonds. The molecular formula is C19H13BrF3NO4S2. The number of furan rings is 1. The topological polar surface area (TPSA) is 70.8 Å². The molecule has 2 heterocycles. The van der Waals surface area contributed by atoms with Gasteiger partial charge in [-0.1, -0.05) is 39.9 Å². The van der Waals surface area contributed by atoms with Gasteiger partial charge >= 0.3 is 12.1 Å². The average Bonchev–Trinajstić information content (AvgIpc) is 3.21. The van der Waals surface area contributed by atoms with Crippen molar-refractivity contribution in [3.8, 4) is 11.3 Å². The van der Waals surface area contributed by atoms with Crippen molar-refractivity contribution in [1.29, 1.82) is 0 Å². The summed E-state index contributed by atoms with van der Waals surface area (Å²) in [7, 11) is 0. The van der Waals surface area contributed by atoms with Crippen molar-refractivity contribution < 1.29 is 32.3 Å². The summed E-state index contributed by atoms with van der Waals surface area (Å²) >= 11 is 9.23. The molecular weight excluding hydrogens is 507 g/mol. The third-order valence-electron chi connectivity index (χ3n) is 4.10. The van der Waals surface area contributed by atoms with Gasteiger partial charge in [-0.05, 0) is 36.8 Å². The number of thiocarbonyl (C=S) groups is 1. The van der Waals surface area contributed by atoms with Crippen LogP contribution in [0.1, 0.15) is 24.2 Å². The monoisotopic (exact) mass is 519 g/mol. The molecule has 0 bridgehead atoms. The van der Waals surface area contributed by atoms with Crippen LogP contribution in [0.5, 0.6) is 0 Å². The van der Waals surface area contributed by atoms with Gasteiger partial charge in [0, 0.05) is 29.1 Å². The highest BCUT2D eigenvalue weighted by Gasteiger charge is 2.35. The second-order valence-electron chi connectivity index (χ2n) is 6.22. The average molecular weight is 520 g/mol. The third-order valence-corrected chi connectivity index (χ3v) is 5.97. The molecule has 0 atom stereocenters. The van der Waals surface area contributed by atoms with Crippen LogP contribution in [0.15, 0.2) is 44.1 Å². The van der Waals surface area contributed by atoms with Crippen LogP contribution < -0.4 is 0 Å². The Labute approximate surface area is 187 Å². The maximum atomic E-state index is 13.4. The van der Waals surface area contributed by atoms with Gasteiger partial charge in [0.2, 0.25) is 0 Å². The van der Waals surface area contributed by atoms with Crippen molar-refractivity contribution in [1.82, 2.24) is 4.90 Å². The van der Waals surface area contributed by atoms with Crippen molar-refractivity contribution in [2.45, 2.75) is 19.0 Å². The van der Waals surface area contributed by atoms with E-state index < -0.39 is 23.6 Å². The van der Waals surface area contributed by atoms with Gasteiger partial charge in [0.15, 0.2) is 0 Å². The van der Waals surface area contributed by atoms with Gasteiger partial charge in [0.05, 0.1) is 10.5 Å². The maximum Gasteiger partial charge on any atom is 0.417 e. The number of carboxylic acid groups (broad SMARTS) is 1. The summed E-state index contributed by atoms with van der Waals surface area (Å²) in [5.74, 6) is -1.15. The molecule has 1 aromatic heterocycles. The zero-order valence-corrected chi connectivity index (χ0v) is 18.3. The molecule has 30 heavy (non-hydrogen) atoms. The first-order valence-electron chi connectivity index (χ1n) is 8.50. The summed E-state index contributed by atoms with van der Waals surface area (Å²) in [5, 5.41) is 8.71. The second-order valence-corrected chi connectivity index (χ2v) is 8.81. The number of aliphatic carboxylic acids is 1. The lowest BCUT2D eigenvalue weighted by molar-refractivity contribution is -0.138. The molecule has 158 valence electrons. The molecule has 0 radical (unpaired) electrons. The van der Waals surface area contributed by atoms with Crippen molar-refractivity contribution in [3.05, 3.63) is 51.0 Å². The number of carbonyl (C=O) groups is 2. The summed E-state index contributed by atoms with van der Waals surface area (Å²) in [6.45, 7) is 0.172. The van der Waals surface area contributed by atoms with Crippen LogP contribution >= 0.6 is 39.9 Å². The minimum atomic E-state index is -4.57. The molecule has 5 nitrogen and oxygen atoms in total. The summed E-state index contributed by atoms with van der Waals surface area (Å²) < 4.78 is 46.2. The van der Waals surface area contributed by atoms with E-state index in [0.29, 0.717) is 0 Å². The van der Waals surface area contributed by atoms with E-state index in [1.807, 2.05) is 0 Å². The van der Waals surface area contributed by atoms with Gasteiger partial charge in [-0.2, -0.15) is 13.2 Å². The number of amides is 1. The lowest BCUT2D eigenvalue weighted by atomic mass is 10.1. The van der Waals surface area contributed by atoms with E-state index in [4.69, 9.17) is 21.7 Å². The Balaban J connectivity index is 1.83. The summed E-state index contributed by atoms with van der Waals surface area (Å²) in [6.07, 6.45) is -2.99. The standard InChI is InChI=1S/C19H13BrF3NO4S2/c20-10-3-5-12(13(8-10)19(21,22)23)14-6-4-11(28-14)9-15-17(27)24(18(29)30-15)7-1-2-16(25)26/h3-6,8-9H,1-2,7H2,(H,25,26). The lowest BCUT2D eigenvalue weighted by Gasteiger charge is -2.13. The quantitative estimate of drug-likeness (QED) is 0.384. The van der Waals surface area contributed by atoms with Gasteiger partial charge in [-0.3, -0.25) is 14.5 Å². The lowest BCUT2D eigenvalue weighted by Crippen LogP contribution is -2.29. The van der Waals surface area contributed by atoms with E-state index in [0.717, 1.165) is 17.8 Å². The zero-order valence-electron chi connectivity index (χ0n) is 15.0. The number of carbonyl (C=O) groups excluding carboxylic acids is 1. The Morgan fingerprint density at radius 2 is 2.03 bits per heavy atom. The smallest absolute Gasteiger partial charge is 0.417 e. The number of alkyl halides is 3. The Morgan fingerprint density at radius 1 is 1.30 bits per heavy atom. The molecule has 2 aromatic rings. The fourth-order valence-corrected chi connectivity index (χ4v) is 4.40. The molecule has 1 aliphatic rings. The number of benzene rings is 1. The van der Waals surface area contributed by atoms with Crippen LogP contribution in [-0.4, -0.2) is 32.7 Å². The SMILES string of the molecule is O=C(O)CCCN1C(=O)C(=Cc2ccc(-c3ccc(Br)cc3C(F)(F)F)o2)SC1=S. The van der Waals surface area contributed by atoms with Gasteiger partial charge in [-0.15, -0.1) is 0 Å². The highest BCUT2D eigenvalue weighted by atomic mass is 79.9. The molecule has 1 N–H and O–H groups in total. The number of thioether (sulfide) groups is 1. The number of rotatable bonds is 6. The predicted molar refractivity (Wildman–Crippen MR) is 114 cm³/mol. The Morgan fingerprint density at radius 3 is 2.70 bits per heavy atom. The minimum Gasteiger partial charge on any atom is -0.481 e. The van der Waals surface area contributed by atoms with E-state index in [9.17, 15) is 22.8 Å². The molecule has 1 fully saturated rings. The first-order valence-corrected chi connectivity index (χ1v) is 10.5. The minimum absolute atomic E-state index is 0.0120. The summed E-state index contributed by atoms with van der Waals surface area (Å²) in [6, 6.07) is 6.62. The zero-order chi connectivity index (χ0) is 22.1. The molecule has 11 heteroatoms.